The lowest BCUT2D eigenvalue weighted by atomic mass is 9.83. The van der Waals surface area contributed by atoms with Crippen molar-refractivity contribution in [3.63, 3.8) is 0 Å². The Morgan fingerprint density at radius 2 is 1.67 bits per heavy atom. The minimum atomic E-state index is -0.0487. The highest BCUT2D eigenvalue weighted by Crippen LogP contribution is 2.28. The molecule has 0 spiro atoms. The lowest BCUT2D eigenvalue weighted by molar-refractivity contribution is -0.138. The molecular weight excluding hydrogens is 385 g/mol. The van der Waals surface area contributed by atoms with E-state index in [-0.39, 0.29) is 29.7 Å². The van der Waals surface area contributed by atoms with Gasteiger partial charge in [-0.15, -0.1) is 0 Å². The van der Waals surface area contributed by atoms with Crippen molar-refractivity contribution in [3.05, 3.63) is 28.2 Å². The van der Waals surface area contributed by atoms with Gasteiger partial charge in [0.15, 0.2) is 0 Å². The van der Waals surface area contributed by atoms with E-state index < -0.39 is 0 Å². The molecule has 2 fully saturated rings. The van der Waals surface area contributed by atoms with Gasteiger partial charge in [0.2, 0.25) is 11.8 Å². The SMILES string of the molecule is N[C@@H]1CCCC[C@H]1C(=O)N1CCC(CC(=O)Nc2cc(Cl)cc(Cl)c2)CC1. The minimum Gasteiger partial charge on any atom is -0.342 e. The fourth-order valence-corrected chi connectivity index (χ4v) is 4.68. The molecule has 1 aliphatic heterocycles. The number of anilines is 1. The van der Waals surface area contributed by atoms with Crippen LogP contribution in [0.25, 0.3) is 0 Å². The predicted octanol–water partition coefficient (Wildman–Crippen LogP) is 4.08. The van der Waals surface area contributed by atoms with Crippen LogP contribution in [0.2, 0.25) is 10.0 Å². The fourth-order valence-electron chi connectivity index (χ4n) is 4.16. The number of amides is 2. The first-order chi connectivity index (χ1) is 12.9. The Labute approximate surface area is 170 Å². The van der Waals surface area contributed by atoms with Crippen LogP contribution >= 0.6 is 23.2 Å². The monoisotopic (exact) mass is 411 g/mol. The van der Waals surface area contributed by atoms with Crippen LogP contribution < -0.4 is 11.1 Å². The van der Waals surface area contributed by atoms with Crippen molar-refractivity contribution in [1.82, 2.24) is 4.90 Å². The maximum absolute atomic E-state index is 12.7. The van der Waals surface area contributed by atoms with Gasteiger partial charge in [-0.25, -0.2) is 0 Å². The molecule has 148 valence electrons. The molecule has 7 heteroatoms. The van der Waals surface area contributed by atoms with E-state index in [1.807, 2.05) is 4.90 Å². The third-order valence-corrected chi connectivity index (χ3v) is 6.12. The van der Waals surface area contributed by atoms with Crippen LogP contribution in [-0.4, -0.2) is 35.8 Å². The number of hydrogen-bond acceptors (Lipinski definition) is 3. The zero-order chi connectivity index (χ0) is 19.4. The summed E-state index contributed by atoms with van der Waals surface area (Å²) in [4.78, 5) is 27.0. The molecule has 0 bridgehead atoms. The van der Waals surface area contributed by atoms with Gasteiger partial charge in [-0.3, -0.25) is 9.59 Å². The summed E-state index contributed by atoms with van der Waals surface area (Å²) < 4.78 is 0. The Morgan fingerprint density at radius 3 is 2.30 bits per heavy atom. The quantitative estimate of drug-likeness (QED) is 0.783. The predicted molar refractivity (Wildman–Crippen MR) is 109 cm³/mol. The van der Waals surface area contributed by atoms with Crippen LogP contribution in [0.1, 0.15) is 44.9 Å². The number of nitrogens with zero attached hydrogens (tertiary/aromatic N) is 1. The smallest absolute Gasteiger partial charge is 0.227 e. The van der Waals surface area contributed by atoms with Crippen LogP contribution in [0.4, 0.5) is 5.69 Å². The molecule has 0 aromatic heterocycles. The molecule has 3 rings (SSSR count). The van der Waals surface area contributed by atoms with E-state index >= 15 is 0 Å². The standard InChI is InChI=1S/C20H27Cl2N3O2/c21-14-10-15(22)12-16(11-14)24-19(26)9-13-5-7-25(8-6-13)20(27)17-3-1-2-4-18(17)23/h10-13,17-18H,1-9,23H2,(H,24,26)/t17-,18-/m1/s1. The van der Waals surface area contributed by atoms with E-state index in [2.05, 4.69) is 5.32 Å². The summed E-state index contributed by atoms with van der Waals surface area (Å²) in [5.74, 6) is 0.418. The molecule has 2 aliphatic rings. The number of rotatable bonds is 4. The molecule has 1 aromatic carbocycles. The maximum Gasteiger partial charge on any atom is 0.227 e. The van der Waals surface area contributed by atoms with Crippen molar-refractivity contribution in [1.29, 1.82) is 0 Å². The van der Waals surface area contributed by atoms with E-state index in [4.69, 9.17) is 28.9 Å². The molecule has 0 radical (unpaired) electrons. The highest BCUT2D eigenvalue weighted by atomic mass is 35.5. The molecule has 2 amide bonds. The second-order valence-corrected chi connectivity index (χ2v) is 8.61. The van der Waals surface area contributed by atoms with Crippen LogP contribution in [-0.2, 0) is 9.59 Å². The van der Waals surface area contributed by atoms with Gasteiger partial charge in [0.1, 0.15) is 0 Å². The number of hydrogen-bond donors (Lipinski definition) is 2. The highest BCUT2D eigenvalue weighted by Gasteiger charge is 2.33. The highest BCUT2D eigenvalue weighted by molar-refractivity contribution is 6.35. The van der Waals surface area contributed by atoms with Gasteiger partial charge in [0.05, 0.1) is 5.92 Å². The van der Waals surface area contributed by atoms with Crippen LogP contribution in [0.3, 0.4) is 0 Å². The lowest BCUT2D eigenvalue weighted by Gasteiger charge is -2.37. The number of nitrogens with one attached hydrogen (secondary N) is 1. The van der Waals surface area contributed by atoms with Gasteiger partial charge in [-0.2, -0.15) is 0 Å². The van der Waals surface area contributed by atoms with Gasteiger partial charge >= 0.3 is 0 Å². The molecule has 5 nitrogen and oxygen atoms in total. The summed E-state index contributed by atoms with van der Waals surface area (Å²) in [6, 6.07) is 4.99. The van der Waals surface area contributed by atoms with Crippen molar-refractivity contribution in [2.45, 2.75) is 51.0 Å². The van der Waals surface area contributed by atoms with E-state index in [0.29, 0.717) is 35.2 Å². The van der Waals surface area contributed by atoms with E-state index in [1.165, 1.54) is 0 Å². The summed E-state index contributed by atoms with van der Waals surface area (Å²) in [6.07, 6.45) is 6.20. The number of piperidine rings is 1. The van der Waals surface area contributed by atoms with E-state index in [1.54, 1.807) is 18.2 Å². The van der Waals surface area contributed by atoms with Crippen LogP contribution in [0.5, 0.6) is 0 Å². The van der Waals surface area contributed by atoms with Crippen molar-refractivity contribution < 1.29 is 9.59 Å². The number of halogens is 2. The molecule has 1 aromatic rings. The Morgan fingerprint density at radius 1 is 1.04 bits per heavy atom. The Balaban J connectivity index is 1.46. The number of likely N-dealkylation sites (tertiary alicyclic amines) is 1. The first kappa shape index (κ1) is 20.4. The minimum absolute atomic E-state index is 0.000674. The van der Waals surface area contributed by atoms with Crippen LogP contribution in [0, 0.1) is 11.8 Å². The molecule has 3 N–H and O–H groups in total. The zero-order valence-electron chi connectivity index (χ0n) is 15.4. The fraction of sp³-hybridized carbons (Fsp3) is 0.600. The van der Waals surface area contributed by atoms with E-state index in [9.17, 15) is 9.59 Å². The third-order valence-electron chi connectivity index (χ3n) is 5.68. The Kier molecular flexibility index (Phi) is 7.01. The van der Waals surface area contributed by atoms with Gasteiger partial charge in [0, 0.05) is 41.3 Å². The van der Waals surface area contributed by atoms with E-state index in [0.717, 1.165) is 38.5 Å². The van der Waals surface area contributed by atoms with Crippen molar-refractivity contribution in [2.75, 3.05) is 18.4 Å². The molecule has 1 aliphatic carbocycles. The Bertz CT molecular complexity index is 670. The van der Waals surface area contributed by atoms with Crippen LogP contribution in [0.15, 0.2) is 18.2 Å². The topological polar surface area (TPSA) is 75.4 Å². The van der Waals surface area contributed by atoms with Gasteiger partial charge in [-0.05, 0) is 49.8 Å². The third kappa shape index (κ3) is 5.59. The summed E-state index contributed by atoms with van der Waals surface area (Å²) in [5.41, 5.74) is 6.76. The first-order valence-electron chi connectivity index (χ1n) is 9.72. The first-order valence-corrected chi connectivity index (χ1v) is 10.5. The van der Waals surface area contributed by atoms with Crippen molar-refractivity contribution in [3.8, 4) is 0 Å². The second-order valence-electron chi connectivity index (χ2n) is 7.73. The zero-order valence-corrected chi connectivity index (χ0v) is 16.9. The summed E-state index contributed by atoms with van der Waals surface area (Å²) in [6.45, 7) is 1.42. The molecule has 2 atom stereocenters. The molecule has 1 saturated heterocycles. The molecular formula is C20H27Cl2N3O2. The molecule has 1 heterocycles. The average Bonchev–Trinajstić information content (AvgIpc) is 2.61. The number of benzene rings is 1. The summed E-state index contributed by atoms with van der Waals surface area (Å²) in [7, 11) is 0. The summed E-state index contributed by atoms with van der Waals surface area (Å²) in [5, 5.41) is 3.84. The van der Waals surface area contributed by atoms with Gasteiger partial charge < -0.3 is 16.0 Å². The largest absolute Gasteiger partial charge is 0.342 e. The lowest BCUT2D eigenvalue weighted by Crippen LogP contribution is -2.48. The van der Waals surface area contributed by atoms with Crippen molar-refractivity contribution >= 4 is 40.7 Å². The average molecular weight is 412 g/mol. The van der Waals surface area contributed by atoms with Crippen molar-refractivity contribution in [2.24, 2.45) is 17.6 Å². The molecule has 0 unspecified atom stereocenters. The molecule has 1 saturated carbocycles. The second kappa shape index (κ2) is 9.26. The molecule has 27 heavy (non-hydrogen) atoms. The summed E-state index contributed by atoms with van der Waals surface area (Å²) >= 11 is 11.9. The maximum atomic E-state index is 12.7. The number of carbonyl (C=O) groups is 2. The normalized spacial score (nSPS) is 23.9. The number of carbonyl (C=O) groups excluding carboxylic acids is 2. The Hall–Kier alpha value is -1.30. The number of nitrogens with two attached hydrogens (primary N) is 1. The van der Waals surface area contributed by atoms with Gasteiger partial charge in [-0.1, -0.05) is 36.0 Å². The van der Waals surface area contributed by atoms with Gasteiger partial charge in [0.25, 0.3) is 0 Å².